The lowest BCUT2D eigenvalue weighted by atomic mass is 9.96. The maximum atomic E-state index is 12.2. The minimum Gasteiger partial charge on any atom is -0.481 e. The van der Waals surface area contributed by atoms with Gasteiger partial charge in [-0.05, 0) is 32.9 Å². The summed E-state index contributed by atoms with van der Waals surface area (Å²) in [4.78, 5) is 27.2. The van der Waals surface area contributed by atoms with Crippen molar-refractivity contribution in [2.75, 3.05) is 46.9 Å². The molecule has 0 radical (unpaired) electrons. The highest BCUT2D eigenvalue weighted by molar-refractivity contribution is 5.77. The zero-order valence-electron chi connectivity index (χ0n) is 12.7. The summed E-state index contributed by atoms with van der Waals surface area (Å²) >= 11 is 0. The van der Waals surface area contributed by atoms with Crippen LogP contribution in [0.2, 0.25) is 0 Å². The summed E-state index contributed by atoms with van der Waals surface area (Å²) in [5.74, 6) is -0.923. The van der Waals surface area contributed by atoms with Gasteiger partial charge in [0.2, 0.25) is 0 Å². The van der Waals surface area contributed by atoms with Crippen LogP contribution in [-0.4, -0.2) is 79.9 Å². The van der Waals surface area contributed by atoms with Gasteiger partial charge >= 0.3 is 12.0 Å². The lowest BCUT2D eigenvalue weighted by molar-refractivity contribution is -0.142. The van der Waals surface area contributed by atoms with Gasteiger partial charge in [0, 0.05) is 19.6 Å². The van der Waals surface area contributed by atoms with E-state index in [1.165, 1.54) is 0 Å². The van der Waals surface area contributed by atoms with Crippen LogP contribution in [0.4, 0.5) is 4.79 Å². The van der Waals surface area contributed by atoms with E-state index in [-0.39, 0.29) is 19.2 Å². The molecule has 120 valence electrons. The fourth-order valence-corrected chi connectivity index (χ4v) is 3.02. The Balaban J connectivity index is 1.78. The smallest absolute Gasteiger partial charge is 0.317 e. The lowest BCUT2D eigenvalue weighted by Crippen LogP contribution is -2.51. The molecule has 2 saturated heterocycles. The summed E-state index contributed by atoms with van der Waals surface area (Å²) in [5, 5.41) is 11.9. The molecule has 7 nitrogen and oxygen atoms in total. The largest absolute Gasteiger partial charge is 0.481 e. The van der Waals surface area contributed by atoms with Crippen LogP contribution >= 0.6 is 0 Å². The average Bonchev–Trinajstić information content (AvgIpc) is 2.87. The lowest BCUT2D eigenvalue weighted by Gasteiger charge is -2.34. The molecule has 0 aromatic rings. The Bertz CT molecular complexity index is 380. The second-order valence-corrected chi connectivity index (χ2v) is 6.23. The molecule has 2 fully saturated rings. The van der Waals surface area contributed by atoms with Gasteiger partial charge in [-0.1, -0.05) is 0 Å². The fraction of sp³-hybridized carbons (Fsp3) is 0.857. The van der Waals surface area contributed by atoms with Gasteiger partial charge in [0.05, 0.1) is 19.3 Å². The second kappa shape index (κ2) is 7.09. The molecule has 0 saturated carbocycles. The number of amides is 2. The standard InChI is InChI=1S/C14H25N3O4/c1-16(2)7-10-3-5-17(6-4-10)14(20)15-12-9-21-8-11(12)13(18)19/h10-12H,3-9H2,1-2H3,(H,15,20)(H,18,19). The molecule has 0 aliphatic carbocycles. The molecule has 2 unspecified atom stereocenters. The number of nitrogens with one attached hydrogen (secondary N) is 1. The first-order valence-electron chi connectivity index (χ1n) is 7.48. The van der Waals surface area contributed by atoms with Crippen molar-refractivity contribution in [2.45, 2.75) is 18.9 Å². The van der Waals surface area contributed by atoms with Gasteiger partial charge in [0.1, 0.15) is 5.92 Å². The number of carbonyl (C=O) groups is 2. The van der Waals surface area contributed by atoms with Crippen LogP contribution in [0.15, 0.2) is 0 Å². The van der Waals surface area contributed by atoms with Crippen molar-refractivity contribution in [3.05, 3.63) is 0 Å². The first-order chi connectivity index (χ1) is 9.97. The maximum Gasteiger partial charge on any atom is 0.317 e. The number of carboxylic acids is 1. The van der Waals surface area contributed by atoms with Crippen LogP contribution in [0, 0.1) is 11.8 Å². The van der Waals surface area contributed by atoms with E-state index < -0.39 is 17.9 Å². The second-order valence-electron chi connectivity index (χ2n) is 6.23. The van der Waals surface area contributed by atoms with Crippen molar-refractivity contribution in [3.8, 4) is 0 Å². The Hall–Kier alpha value is -1.34. The van der Waals surface area contributed by atoms with Crippen LogP contribution in [0.25, 0.3) is 0 Å². The third-order valence-corrected chi connectivity index (χ3v) is 4.23. The Labute approximate surface area is 125 Å². The molecule has 2 heterocycles. The van der Waals surface area contributed by atoms with Crippen molar-refractivity contribution in [2.24, 2.45) is 11.8 Å². The molecular formula is C14H25N3O4. The number of nitrogens with zero attached hydrogens (tertiary/aromatic N) is 2. The van der Waals surface area contributed by atoms with E-state index in [9.17, 15) is 9.59 Å². The summed E-state index contributed by atoms with van der Waals surface area (Å²) in [6, 6.07) is -0.588. The molecule has 2 N–H and O–H groups in total. The first kappa shape index (κ1) is 16.0. The van der Waals surface area contributed by atoms with E-state index in [2.05, 4.69) is 24.3 Å². The van der Waals surface area contributed by atoms with Crippen molar-refractivity contribution >= 4 is 12.0 Å². The number of carbonyl (C=O) groups excluding carboxylic acids is 1. The topological polar surface area (TPSA) is 82.1 Å². The normalized spacial score (nSPS) is 27.1. The summed E-state index contributed by atoms with van der Waals surface area (Å²) in [7, 11) is 4.12. The minimum atomic E-state index is -0.914. The van der Waals surface area contributed by atoms with Gasteiger partial charge in [-0.15, -0.1) is 0 Å². The van der Waals surface area contributed by atoms with E-state index in [1.807, 2.05) is 0 Å². The quantitative estimate of drug-likeness (QED) is 0.767. The molecular weight excluding hydrogens is 274 g/mol. The fourth-order valence-electron chi connectivity index (χ4n) is 3.02. The molecule has 0 bridgehead atoms. The maximum absolute atomic E-state index is 12.2. The van der Waals surface area contributed by atoms with Crippen LogP contribution in [0.3, 0.4) is 0 Å². The third kappa shape index (κ3) is 4.31. The molecule has 2 aliphatic rings. The number of aliphatic carboxylic acids is 1. The zero-order chi connectivity index (χ0) is 15.4. The van der Waals surface area contributed by atoms with Crippen LogP contribution in [0.5, 0.6) is 0 Å². The van der Waals surface area contributed by atoms with E-state index in [4.69, 9.17) is 9.84 Å². The monoisotopic (exact) mass is 299 g/mol. The molecule has 0 aromatic heterocycles. The number of hydrogen-bond donors (Lipinski definition) is 2. The van der Waals surface area contributed by atoms with Crippen LogP contribution < -0.4 is 5.32 Å². The summed E-state index contributed by atoms with van der Waals surface area (Å²) in [6.07, 6.45) is 1.99. The highest BCUT2D eigenvalue weighted by atomic mass is 16.5. The molecule has 2 rings (SSSR count). The van der Waals surface area contributed by atoms with Crippen LogP contribution in [0.1, 0.15) is 12.8 Å². The number of carboxylic acid groups (broad SMARTS) is 1. The number of piperidine rings is 1. The van der Waals surface area contributed by atoms with Crippen molar-refractivity contribution in [3.63, 3.8) is 0 Å². The summed E-state index contributed by atoms with van der Waals surface area (Å²) in [6.45, 7) is 2.96. The molecule has 0 aromatic carbocycles. The number of likely N-dealkylation sites (tertiary alicyclic amines) is 1. The molecule has 7 heteroatoms. The first-order valence-corrected chi connectivity index (χ1v) is 7.48. The van der Waals surface area contributed by atoms with Gasteiger partial charge < -0.3 is 25.0 Å². The highest BCUT2D eigenvalue weighted by Crippen LogP contribution is 2.19. The van der Waals surface area contributed by atoms with Gasteiger partial charge in [-0.2, -0.15) is 0 Å². The molecule has 2 atom stereocenters. The van der Waals surface area contributed by atoms with Crippen molar-refractivity contribution in [1.82, 2.24) is 15.1 Å². The molecule has 21 heavy (non-hydrogen) atoms. The summed E-state index contributed by atoms with van der Waals surface area (Å²) in [5.41, 5.74) is 0. The Kier molecular flexibility index (Phi) is 5.41. The predicted octanol–water partition coefficient (Wildman–Crippen LogP) is 0.0692. The van der Waals surface area contributed by atoms with E-state index in [0.29, 0.717) is 5.92 Å². The van der Waals surface area contributed by atoms with Gasteiger partial charge in [-0.25, -0.2) is 4.79 Å². The number of rotatable bonds is 4. The average molecular weight is 299 g/mol. The number of ether oxygens (including phenoxy) is 1. The van der Waals surface area contributed by atoms with E-state index in [1.54, 1.807) is 4.90 Å². The Morgan fingerprint density at radius 1 is 1.29 bits per heavy atom. The van der Waals surface area contributed by atoms with Crippen LogP contribution in [-0.2, 0) is 9.53 Å². The number of hydrogen-bond acceptors (Lipinski definition) is 4. The molecule has 2 aliphatic heterocycles. The van der Waals surface area contributed by atoms with Gasteiger partial charge in [-0.3, -0.25) is 4.79 Å². The molecule has 2 amide bonds. The Morgan fingerprint density at radius 3 is 2.52 bits per heavy atom. The third-order valence-electron chi connectivity index (χ3n) is 4.23. The van der Waals surface area contributed by atoms with E-state index in [0.717, 1.165) is 32.5 Å². The SMILES string of the molecule is CN(C)CC1CCN(C(=O)NC2COCC2C(=O)O)CC1. The zero-order valence-corrected chi connectivity index (χ0v) is 12.7. The Morgan fingerprint density at radius 2 is 1.95 bits per heavy atom. The predicted molar refractivity (Wildman–Crippen MR) is 77.1 cm³/mol. The molecule has 0 spiro atoms. The minimum absolute atomic E-state index is 0.167. The van der Waals surface area contributed by atoms with Gasteiger partial charge in [0.15, 0.2) is 0 Å². The summed E-state index contributed by atoms with van der Waals surface area (Å²) < 4.78 is 5.16. The van der Waals surface area contributed by atoms with E-state index >= 15 is 0 Å². The van der Waals surface area contributed by atoms with Crippen molar-refractivity contribution in [1.29, 1.82) is 0 Å². The highest BCUT2D eigenvalue weighted by Gasteiger charge is 2.36. The van der Waals surface area contributed by atoms with Gasteiger partial charge in [0.25, 0.3) is 0 Å². The number of urea groups is 1. The van der Waals surface area contributed by atoms with Crippen molar-refractivity contribution < 1.29 is 19.4 Å².